The van der Waals surface area contributed by atoms with Gasteiger partial charge in [-0.25, -0.2) is 4.98 Å². The van der Waals surface area contributed by atoms with Crippen LogP contribution in [-0.2, 0) is 4.79 Å². The van der Waals surface area contributed by atoms with E-state index in [1.807, 2.05) is 36.5 Å². The second kappa shape index (κ2) is 9.26. The molecule has 0 saturated carbocycles. The highest BCUT2D eigenvalue weighted by molar-refractivity contribution is 5.86. The molecule has 1 atom stereocenters. The molecule has 4 aromatic rings. The molecule has 6 rings (SSSR count). The summed E-state index contributed by atoms with van der Waals surface area (Å²) in [6.07, 6.45) is 2.77. The van der Waals surface area contributed by atoms with Gasteiger partial charge in [0, 0.05) is 38.8 Å². The zero-order chi connectivity index (χ0) is 23.7. The number of carbonyl (C=O) groups is 1. The molecule has 2 fully saturated rings. The molecule has 1 amide bonds. The molecule has 2 aliphatic heterocycles. The van der Waals surface area contributed by atoms with Crippen LogP contribution in [0.5, 0.6) is 0 Å². The number of nitrogens with two attached hydrogens (primary N) is 1. The van der Waals surface area contributed by atoms with Crippen molar-refractivity contribution >= 4 is 40.4 Å². The smallest absolute Gasteiger partial charge is 0.292 e. The van der Waals surface area contributed by atoms with E-state index in [0.717, 1.165) is 78.5 Å². The van der Waals surface area contributed by atoms with E-state index in [0.29, 0.717) is 11.6 Å². The molecule has 4 heterocycles. The van der Waals surface area contributed by atoms with Crippen molar-refractivity contribution in [2.24, 2.45) is 5.92 Å². The Labute approximate surface area is 198 Å². The normalized spacial score (nSPS) is 18.5. The third kappa shape index (κ3) is 4.65. The summed E-state index contributed by atoms with van der Waals surface area (Å²) in [5, 5.41) is 3.25. The number of oxazole rings is 1. The first-order chi connectivity index (χ1) is 16.5. The van der Waals surface area contributed by atoms with Gasteiger partial charge in [0.15, 0.2) is 5.58 Å². The number of fused-ring (bicyclic) bond motifs is 2. The lowest BCUT2D eigenvalue weighted by atomic mass is 10.0. The maximum absolute atomic E-state index is 10.2. The van der Waals surface area contributed by atoms with Gasteiger partial charge in [0.2, 0.25) is 6.41 Å². The standard InChI is InChI=1S/C19H17N5O.C6H12N2O/c1-11-9-24(10-11)18-8-21-14-4-2-12(6-15(14)22-18)13-3-5-17-16(7-13)23-19(20)25-17;1-6-4-8(5-9)3-2-7-6/h2-8,11H,9-10H2,1H3,(H2,20,23);5-7H,2-4H2,1H3. The van der Waals surface area contributed by atoms with E-state index in [4.69, 9.17) is 15.1 Å². The van der Waals surface area contributed by atoms with Crippen LogP contribution in [-0.4, -0.2) is 65.0 Å². The second-order valence-electron chi connectivity index (χ2n) is 9.13. The maximum atomic E-state index is 10.2. The number of hydrogen-bond acceptors (Lipinski definition) is 8. The number of piperazine rings is 1. The van der Waals surface area contributed by atoms with Gasteiger partial charge in [-0.05, 0) is 48.2 Å². The van der Waals surface area contributed by atoms with Crippen molar-refractivity contribution in [3.8, 4) is 11.1 Å². The van der Waals surface area contributed by atoms with Gasteiger partial charge < -0.3 is 25.3 Å². The lowest BCUT2D eigenvalue weighted by molar-refractivity contribution is -0.119. The molecule has 3 N–H and O–H groups in total. The highest BCUT2D eigenvalue weighted by Crippen LogP contribution is 2.29. The number of benzene rings is 2. The van der Waals surface area contributed by atoms with Crippen LogP contribution < -0.4 is 16.0 Å². The number of carbonyl (C=O) groups excluding carboxylic acids is 1. The van der Waals surface area contributed by atoms with Gasteiger partial charge in [0.05, 0.1) is 17.2 Å². The number of amides is 1. The number of nitrogen functional groups attached to an aromatic ring is 1. The highest BCUT2D eigenvalue weighted by Gasteiger charge is 2.24. The molecular weight excluding hydrogens is 430 g/mol. The lowest BCUT2D eigenvalue weighted by Gasteiger charge is -2.37. The fourth-order valence-electron chi connectivity index (χ4n) is 4.40. The Balaban J connectivity index is 0.000000227. The predicted molar refractivity (Wildman–Crippen MR) is 133 cm³/mol. The van der Waals surface area contributed by atoms with Crippen molar-refractivity contribution in [3.05, 3.63) is 42.6 Å². The number of nitrogens with one attached hydrogen (secondary N) is 1. The molecule has 1 unspecified atom stereocenters. The SMILES string of the molecule is CC1CN(C=O)CCN1.CC1CN(c2cnc3ccc(-c4ccc5oc(N)nc5c4)cc3n2)C1. The average Bonchev–Trinajstić information content (AvgIpc) is 3.21. The number of nitrogens with zero attached hydrogens (tertiary/aromatic N) is 5. The third-order valence-corrected chi connectivity index (χ3v) is 6.20. The van der Waals surface area contributed by atoms with E-state index in [9.17, 15) is 4.79 Å². The molecule has 176 valence electrons. The van der Waals surface area contributed by atoms with Crippen LogP contribution in [0.2, 0.25) is 0 Å². The Morgan fingerprint density at radius 2 is 1.79 bits per heavy atom. The molecule has 9 nitrogen and oxygen atoms in total. The number of aromatic nitrogens is 3. The van der Waals surface area contributed by atoms with Crippen LogP contribution in [0, 0.1) is 5.92 Å². The van der Waals surface area contributed by atoms with Crippen LogP contribution in [0.15, 0.2) is 47.0 Å². The first kappa shape index (κ1) is 22.1. The summed E-state index contributed by atoms with van der Waals surface area (Å²) >= 11 is 0. The van der Waals surface area contributed by atoms with Crippen LogP contribution in [0.4, 0.5) is 11.8 Å². The summed E-state index contributed by atoms with van der Waals surface area (Å²) in [6, 6.07) is 12.6. The van der Waals surface area contributed by atoms with Crippen molar-refractivity contribution in [1.29, 1.82) is 0 Å². The minimum absolute atomic E-state index is 0.185. The van der Waals surface area contributed by atoms with Gasteiger partial charge in [-0.2, -0.15) is 4.98 Å². The Morgan fingerprint density at radius 1 is 1.03 bits per heavy atom. The van der Waals surface area contributed by atoms with Gasteiger partial charge in [-0.15, -0.1) is 0 Å². The summed E-state index contributed by atoms with van der Waals surface area (Å²) in [7, 11) is 0. The topological polar surface area (TPSA) is 113 Å². The van der Waals surface area contributed by atoms with E-state index in [1.54, 1.807) is 4.90 Å². The minimum atomic E-state index is 0.185. The molecule has 0 aliphatic carbocycles. The first-order valence-electron chi connectivity index (χ1n) is 11.6. The molecule has 0 spiro atoms. The summed E-state index contributed by atoms with van der Waals surface area (Å²) in [5.41, 5.74) is 11.0. The van der Waals surface area contributed by atoms with Crippen molar-refractivity contribution in [2.45, 2.75) is 19.9 Å². The van der Waals surface area contributed by atoms with Gasteiger partial charge >= 0.3 is 0 Å². The monoisotopic (exact) mass is 459 g/mol. The minimum Gasteiger partial charge on any atom is -0.424 e. The van der Waals surface area contributed by atoms with Crippen molar-refractivity contribution in [3.63, 3.8) is 0 Å². The number of rotatable bonds is 3. The van der Waals surface area contributed by atoms with Crippen molar-refractivity contribution in [1.82, 2.24) is 25.2 Å². The van der Waals surface area contributed by atoms with Crippen LogP contribution in [0.25, 0.3) is 33.3 Å². The lowest BCUT2D eigenvalue weighted by Crippen LogP contribution is -2.48. The largest absolute Gasteiger partial charge is 0.424 e. The van der Waals surface area contributed by atoms with Gasteiger partial charge in [-0.1, -0.05) is 19.1 Å². The molecule has 2 aliphatic rings. The molecular formula is C25H29N7O2. The van der Waals surface area contributed by atoms with Gasteiger partial charge in [0.1, 0.15) is 11.3 Å². The van der Waals surface area contributed by atoms with E-state index in [2.05, 4.69) is 40.1 Å². The Bertz CT molecular complexity index is 1320. The van der Waals surface area contributed by atoms with Crippen molar-refractivity contribution in [2.75, 3.05) is 43.4 Å². The van der Waals surface area contributed by atoms with Crippen LogP contribution in [0.3, 0.4) is 0 Å². The van der Waals surface area contributed by atoms with Crippen LogP contribution in [0.1, 0.15) is 13.8 Å². The molecule has 2 aromatic carbocycles. The summed E-state index contributed by atoms with van der Waals surface area (Å²) in [4.78, 5) is 27.8. The number of hydrogen-bond donors (Lipinski definition) is 2. The zero-order valence-corrected chi connectivity index (χ0v) is 19.4. The van der Waals surface area contributed by atoms with E-state index < -0.39 is 0 Å². The highest BCUT2D eigenvalue weighted by atomic mass is 16.4. The molecule has 2 saturated heterocycles. The van der Waals surface area contributed by atoms with E-state index in [-0.39, 0.29) is 6.01 Å². The van der Waals surface area contributed by atoms with Gasteiger partial charge in [-0.3, -0.25) is 9.78 Å². The Morgan fingerprint density at radius 3 is 2.50 bits per heavy atom. The Kier molecular flexibility index (Phi) is 6.02. The Hall–Kier alpha value is -3.72. The molecule has 2 aromatic heterocycles. The third-order valence-electron chi connectivity index (χ3n) is 6.20. The quantitative estimate of drug-likeness (QED) is 0.450. The zero-order valence-electron chi connectivity index (χ0n) is 19.4. The fraction of sp³-hybridized carbons (Fsp3) is 0.360. The second-order valence-corrected chi connectivity index (χ2v) is 9.13. The summed E-state index contributed by atoms with van der Waals surface area (Å²) in [5.74, 6) is 1.67. The predicted octanol–water partition coefficient (Wildman–Crippen LogP) is 2.91. The first-order valence-corrected chi connectivity index (χ1v) is 11.6. The molecule has 0 radical (unpaired) electrons. The molecule has 34 heavy (non-hydrogen) atoms. The number of anilines is 2. The van der Waals surface area contributed by atoms with Crippen LogP contribution >= 0.6 is 0 Å². The fourth-order valence-corrected chi connectivity index (χ4v) is 4.40. The average molecular weight is 460 g/mol. The maximum Gasteiger partial charge on any atom is 0.292 e. The summed E-state index contributed by atoms with van der Waals surface area (Å²) < 4.78 is 5.34. The van der Waals surface area contributed by atoms with Gasteiger partial charge in [0.25, 0.3) is 6.01 Å². The summed E-state index contributed by atoms with van der Waals surface area (Å²) in [6.45, 7) is 9.05. The van der Waals surface area contributed by atoms with Crippen molar-refractivity contribution < 1.29 is 9.21 Å². The molecule has 0 bridgehead atoms. The van der Waals surface area contributed by atoms with E-state index in [1.165, 1.54) is 0 Å². The van der Waals surface area contributed by atoms with E-state index >= 15 is 0 Å². The molecule has 9 heteroatoms.